The van der Waals surface area contributed by atoms with Gasteiger partial charge in [0.1, 0.15) is 0 Å². The molecule has 78 valence electrons. The summed E-state index contributed by atoms with van der Waals surface area (Å²) in [4.78, 5) is -0.00694. The molecule has 0 aliphatic rings. The van der Waals surface area contributed by atoms with Gasteiger partial charge in [0.2, 0.25) is 0 Å². The number of rotatable bonds is 1. The summed E-state index contributed by atoms with van der Waals surface area (Å²) in [6.45, 7) is 5.70. The Bertz CT molecular complexity index is 427. The van der Waals surface area contributed by atoms with Crippen molar-refractivity contribution in [1.82, 2.24) is 0 Å². The Kier molecular flexibility index (Phi) is 2.69. The zero-order valence-electron chi connectivity index (χ0n) is 8.48. The lowest BCUT2D eigenvalue weighted by molar-refractivity contribution is 0.476. The molecule has 0 aromatic heterocycles. The zero-order valence-corrected chi connectivity index (χ0v) is 9.30. The molecule has 0 saturated carbocycles. The van der Waals surface area contributed by atoms with Crippen molar-refractivity contribution in [3.8, 4) is 0 Å². The SMILES string of the molecule is CC(C)(C)c1ccccc1S(=O)(=O)O. The van der Waals surface area contributed by atoms with Gasteiger partial charge in [-0.25, -0.2) is 0 Å². The van der Waals surface area contributed by atoms with E-state index < -0.39 is 10.1 Å². The Morgan fingerprint density at radius 3 is 2.00 bits per heavy atom. The molecule has 0 aliphatic heterocycles. The van der Waals surface area contributed by atoms with E-state index in [9.17, 15) is 8.42 Å². The van der Waals surface area contributed by atoms with Crippen LogP contribution in [0, 0.1) is 0 Å². The molecular weight excluding hydrogens is 200 g/mol. The molecule has 0 aliphatic carbocycles. The second-order valence-corrected chi connectivity index (χ2v) is 5.61. The van der Waals surface area contributed by atoms with Crippen molar-refractivity contribution in [1.29, 1.82) is 0 Å². The van der Waals surface area contributed by atoms with Gasteiger partial charge in [0.05, 0.1) is 4.90 Å². The second-order valence-electron chi connectivity index (χ2n) is 4.22. The van der Waals surface area contributed by atoms with Crippen LogP contribution in [0.4, 0.5) is 0 Å². The maximum Gasteiger partial charge on any atom is 0.294 e. The highest BCUT2D eigenvalue weighted by Gasteiger charge is 2.23. The lowest BCUT2D eigenvalue weighted by Crippen LogP contribution is -2.16. The minimum Gasteiger partial charge on any atom is -0.282 e. The maximum atomic E-state index is 11.1. The standard InChI is InChI=1S/C10H14O3S/c1-10(2,3)8-6-4-5-7-9(8)14(11,12)13/h4-7H,1-3H3,(H,11,12,13). The molecule has 1 rings (SSSR count). The molecule has 1 aromatic rings. The van der Waals surface area contributed by atoms with E-state index in [2.05, 4.69) is 0 Å². The van der Waals surface area contributed by atoms with Crippen LogP contribution in [0.2, 0.25) is 0 Å². The third-order valence-electron chi connectivity index (χ3n) is 1.97. The van der Waals surface area contributed by atoms with Gasteiger partial charge in [-0.3, -0.25) is 4.55 Å². The summed E-state index contributed by atoms with van der Waals surface area (Å²) in [5.74, 6) is 0. The molecule has 1 aromatic carbocycles. The topological polar surface area (TPSA) is 54.4 Å². The van der Waals surface area contributed by atoms with Gasteiger partial charge < -0.3 is 0 Å². The first-order valence-corrected chi connectivity index (χ1v) is 5.74. The monoisotopic (exact) mass is 214 g/mol. The van der Waals surface area contributed by atoms with Crippen molar-refractivity contribution >= 4 is 10.1 Å². The van der Waals surface area contributed by atoms with Crippen molar-refractivity contribution < 1.29 is 13.0 Å². The van der Waals surface area contributed by atoms with E-state index in [1.54, 1.807) is 18.2 Å². The third kappa shape index (κ3) is 2.33. The Hall–Kier alpha value is -0.870. The van der Waals surface area contributed by atoms with Crippen LogP contribution in [0.25, 0.3) is 0 Å². The predicted molar refractivity (Wildman–Crippen MR) is 55.0 cm³/mol. The van der Waals surface area contributed by atoms with Crippen molar-refractivity contribution in [3.63, 3.8) is 0 Å². The fraction of sp³-hybridized carbons (Fsp3) is 0.400. The summed E-state index contributed by atoms with van der Waals surface area (Å²) < 4.78 is 31.1. The summed E-state index contributed by atoms with van der Waals surface area (Å²) in [6, 6.07) is 6.48. The molecule has 3 nitrogen and oxygen atoms in total. The van der Waals surface area contributed by atoms with Gasteiger partial charge in [-0.05, 0) is 17.0 Å². The Morgan fingerprint density at radius 2 is 1.64 bits per heavy atom. The molecule has 0 saturated heterocycles. The van der Waals surface area contributed by atoms with Gasteiger partial charge in [0, 0.05) is 0 Å². The quantitative estimate of drug-likeness (QED) is 0.729. The van der Waals surface area contributed by atoms with Crippen molar-refractivity contribution in [2.75, 3.05) is 0 Å². The van der Waals surface area contributed by atoms with Crippen LogP contribution in [-0.2, 0) is 15.5 Å². The first kappa shape index (κ1) is 11.2. The first-order chi connectivity index (χ1) is 6.23. The molecule has 4 heteroatoms. The van der Waals surface area contributed by atoms with Crippen LogP contribution in [0.1, 0.15) is 26.3 Å². The lowest BCUT2D eigenvalue weighted by Gasteiger charge is -2.21. The molecule has 14 heavy (non-hydrogen) atoms. The van der Waals surface area contributed by atoms with Crippen LogP contribution < -0.4 is 0 Å². The van der Waals surface area contributed by atoms with E-state index in [0.717, 1.165) is 0 Å². The summed E-state index contributed by atoms with van der Waals surface area (Å²) in [5.41, 5.74) is 0.328. The largest absolute Gasteiger partial charge is 0.294 e. The second kappa shape index (κ2) is 3.37. The molecule has 0 atom stereocenters. The van der Waals surface area contributed by atoms with Gasteiger partial charge >= 0.3 is 0 Å². The van der Waals surface area contributed by atoms with E-state index in [1.165, 1.54) is 6.07 Å². The van der Waals surface area contributed by atoms with E-state index >= 15 is 0 Å². The van der Waals surface area contributed by atoms with Gasteiger partial charge in [0.15, 0.2) is 0 Å². The van der Waals surface area contributed by atoms with Gasteiger partial charge in [-0.2, -0.15) is 8.42 Å². The van der Waals surface area contributed by atoms with E-state index in [-0.39, 0.29) is 10.3 Å². The maximum absolute atomic E-state index is 11.1. The smallest absolute Gasteiger partial charge is 0.282 e. The average Bonchev–Trinajstić information content (AvgIpc) is 2.01. The van der Waals surface area contributed by atoms with Crippen LogP contribution in [-0.4, -0.2) is 13.0 Å². The Morgan fingerprint density at radius 1 is 1.14 bits per heavy atom. The summed E-state index contributed by atoms with van der Waals surface area (Å²) >= 11 is 0. The number of hydrogen-bond acceptors (Lipinski definition) is 2. The Balaban J connectivity index is 3.47. The van der Waals surface area contributed by atoms with Crippen LogP contribution >= 0.6 is 0 Å². The third-order valence-corrected chi connectivity index (χ3v) is 2.88. The highest BCUT2D eigenvalue weighted by Crippen LogP contribution is 2.28. The normalized spacial score (nSPS) is 12.9. The van der Waals surface area contributed by atoms with Gasteiger partial charge in [-0.1, -0.05) is 39.0 Å². The molecule has 0 bridgehead atoms. The number of benzene rings is 1. The molecular formula is C10H14O3S. The first-order valence-electron chi connectivity index (χ1n) is 4.30. The highest BCUT2D eigenvalue weighted by atomic mass is 32.2. The predicted octanol–water partition coefficient (Wildman–Crippen LogP) is 2.23. The van der Waals surface area contributed by atoms with Crippen LogP contribution in [0.5, 0.6) is 0 Å². The lowest BCUT2D eigenvalue weighted by atomic mass is 9.87. The van der Waals surface area contributed by atoms with Gasteiger partial charge in [0.25, 0.3) is 10.1 Å². The van der Waals surface area contributed by atoms with Crippen LogP contribution in [0.3, 0.4) is 0 Å². The minimum atomic E-state index is -4.12. The van der Waals surface area contributed by atoms with E-state index in [4.69, 9.17) is 4.55 Å². The summed E-state index contributed by atoms with van der Waals surface area (Å²) in [7, 11) is -4.12. The van der Waals surface area contributed by atoms with E-state index in [1.807, 2.05) is 20.8 Å². The summed E-state index contributed by atoms with van der Waals surface area (Å²) in [5, 5.41) is 0. The summed E-state index contributed by atoms with van der Waals surface area (Å²) in [6.07, 6.45) is 0. The number of hydrogen-bond donors (Lipinski definition) is 1. The minimum absolute atomic E-state index is 0.00694. The molecule has 0 spiro atoms. The molecule has 0 fully saturated rings. The van der Waals surface area contributed by atoms with Gasteiger partial charge in [-0.15, -0.1) is 0 Å². The molecule has 1 N–H and O–H groups in total. The fourth-order valence-electron chi connectivity index (χ4n) is 1.31. The Labute approximate surface area is 84.5 Å². The van der Waals surface area contributed by atoms with Crippen molar-refractivity contribution in [3.05, 3.63) is 29.8 Å². The van der Waals surface area contributed by atoms with E-state index in [0.29, 0.717) is 5.56 Å². The zero-order chi connectivity index (χ0) is 11.0. The fourth-order valence-corrected chi connectivity index (χ4v) is 2.21. The van der Waals surface area contributed by atoms with Crippen molar-refractivity contribution in [2.45, 2.75) is 31.1 Å². The highest BCUT2D eigenvalue weighted by molar-refractivity contribution is 7.85. The average molecular weight is 214 g/mol. The molecule has 0 radical (unpaired) electrons. The molecule has 0 unspecified atom stereocenters. The van der Waals surface area contributed by atoms with Crippen molar-refractivity contribution in [2.24, 2.45) is 0 Å². The molecule has 0 amide bonds. The van der Waals surface area contributed by atoms with Crippen LogP contribution in [0.15, 0.2) is 29.2 Å². The molecule has 0 heterocycles.